The first-order chi connectivity index (χ1) is 24.5. The molecule has 274 valence electrons. The van der Waals surface area contributed by atoms with E-state index in [4.69, 9.17) is 9.47 Å². The highest BCUT2D eigenvalue weighted by Gasteiger charge is 2.77. The van der Waals surface area contributed by atoms with Crippen LogP contribution in [0.25, 0.3) is 0 Å². The van der Waals surface area contributed by atoms with Gasteiger partial charge in [0.05, 0.1) is 24.0 Å². The van der Waals surface area contributed by atoms with Gasteiger partial charge in [-0.15, -0.1) is 13.2 Å². The molecule has 5 rings (SSSR count). The van der Waals surface area contributed by atoms with Gasteiger partial charge in [0, 0.05) is 36.6 Å². The van der Waals surface area contributed by atoms with Crippen LogP contribution in [0.2, 0.25) is 0 Å². The third-order valence-electron chi connectivity index (χ3n) is 10.4. The van der Waals surface area contributed by atoms with Crippen LogP contribution in [0.15, 0.2) is 73.8 Å². The molecule has 0 radical (unpaired) electrons. The van der Waals surface area contributed by atoms with Gasteiger partial charge in [0.15, 0.2) is 0 Å². The van der Waals surface area contributed by atoms with Gasteiger partial charge in [-0.1, -0.05) is 70.5 Å². The molecule has 3 heterocycles. The summed E-state index contributed by atoms with van der Waals surface area (Å²) in [5, 5.41) is 12.4. The third kappa shape index (κ3) is 7.71. The zero-order chi connectivity index (χ0) is 36.9. The largest absolute Gasteiger partial charge is 0.455 e. The predicted octanol–water partition coefficient (Wildman–Crippen LogP) is 5.49. The number of rotatable bonds is 17. The highest BCUT2D eigenvalue weighted by Crippen LogP contribution is 2.60. The van der Waals surface area contributed by atoms with Crippen molar-refractivity contribution in [2.24, 2.45) is 11.8 Å². The van der Waals surface area contributed by atoms with Crippen LogP contribution in [0.4, 0.5) is 5.69 Å². The Morgan fingerprint density at radius 2 is 1.88 bits per heavy atom. The Hall–Kier alpha value is -3.80. The van der Waals surface area contributed by atoms with E-state index in [0.29, 0.717) is 37.7 Å². The Labute approximate surface area is 309 Å². The Bertz CT molecular complexity index is 1620. The smallest absolute Gasteiger partial charge is 0.313 e. The summed E-state index contributed by atoms with van der Waals surface area (Å²) >= 11 is 3.76. The van der Waals surface area contributed by atoms with Gasteiger partial charge < -0.3 is 29.7 Å². The van der Waals surface area contributed by atoms with E-state index in [1.54, 1.807) is 28.9 Å². The number of esters is 1. The summed E-state index contributed by atoms with van der Waals surface area (Å²) in [6, 6.07) is 13.5. The molecule has 10 nitrogen and oxygen atoms in total. The molecule has 11 heteroatoms. The average molecular weight is 765 g/mol. The second-order valence-corrected chi connectivity index (χ2v) is 15.1. The SMILES string of the molecule is C=CCCC(=O)N[C@@H](C)[C@H](OC(=O)[C@H]1[C@@H]2O[C@@]3(CC2Br)[C@@H]1C(=O)N(CCCCCO)[C@@H]3C(=O)N(CC=C)c1cc(C)ccc1C)c1ccccc1. The van der Waals surface area contributed by atoms with Crippen molar-refractivity contribution in [1.29, 1.82) is 0 Å². The Morgan fingerprint density at radius 3 is 2.57 bits per heavy atom. The van der Waals surface area contributed by atoms with Crippen molar-refractivity contribution in [1.82, 2.24) is 10.2 Å². The number of alkyl halides is 1. The molecule has 3 amide bonds. The Kier molecular flexibility index (Phi) is 12.6. The monoisotopic (exact) mass is 763 g/mol. The first kappa shape index (κ1) is 38.4. The number of aliphatic hydroxyl groups excluding tert-OH is 1. The van der Waals surface area contributed by atoms with Crippen molar-refractivity contribution in [3.63, 3.8) is 0 Å². The number of ether oxygens (including phenoxy) is 2. The molecule has 3 aliphatic rings. The highest BCUT2D eigenvalue weighted by atomic mass is 79.9. The zero-order valence-electron chi connectivity index (χ0n) is 29.8. The first-order valence-electron chi connectivity index (χ1n) is 17.9. The lowest BCUT2D eigenvalue weighted by Gasteiger charge is -2.37. The maximum Gasteiger partial charge on any atom is 0.313 e. The van der Waals surface area contributed by atoms with Crippen molar-refractivity contribution in [3.05, 3.63) is 90.5 Å². The van der Waals surface area contributed by atoms with E-state index >= 15 is 0 Å². The number of aliphatic hydroxyl groups is 1. The van der Waals surface area contributed by atoms with Crippen molar-refractivity contribution in [2.45, 2.75) is 94.0 Å². The lowest BCUT2D eigenvalue weighted by Crippen LogP contribution is -2.57. The number of anilines is 1. The van der Waals surface area contributed by atoms with E-state index in [0.717, 1.165) is 16.8 Å². The molecule has 1 spiro atoms. The van der Waals surface area contributed by atoms with Crippen LogP contribution >= 0.6 is 15.9 Å². The highest BCUT2D eigenvalue weighted by molar-refractivity contribution is 9.09. The standard InChI is InChI=1S/C40H50BrN3O7/c1-6-8-17-31(46)42-27(5)34(28-15-11-9-12-16-28)50-39(49)32-33-37(47)44(21-13-10-14-22-45)36(40(33)24-29(41)35(32)51-40)38(48)43(20-7-2)30-23-25(3)18-19-26(30)4/h6-7,9,11-12,15-16,18-19,23,27,29,32-36,45H,1-2,8,10,13-14,17,20-22,24H2,3-5H3,(H,42,46)/t27-,29?,32+,33-,34-,35+,36+,40-/m0/s1. The van der Waals surface area contributed by atoms with E-state index in [1.165, 1.54) is 0 Å². The average Bonchev–Trinajstić information content (AvgIpc) is 3.71. The van der Waals surface area contributed by atoms with E-state index < -0.39 is 47.7 Å². The van der Waals surface area contributed by atoms with Crippen LogP contribution < -0.4 is 10.2 Å². The number of likely N-dealkylation sites (tertiary alicyclic amines) is 1. The molecule has 3 saturated heterocycles. The lowest BCUT2D eigenvalue weighted by molar-refractivity contribution is -0.162. The van der Waals surface area contributed by atoms with Gasteiger partial charge in [-0.25, -0.2) is 0 Å². The Morgan fingerprint density at radius 1 is 1.14 bits per heavy atom. The van der Waals surface area contributed by atoms with E-state index in [2.05, 4.69) is 34.4 Å². The summed E-state index contributed by atoms with van der Waals surface area (Å²) in [5.74, 6) is -3.36. The molecule has 0 aliphatic carbocycles. The first-order valence-corrected chi connectivity index (χ1v) is 18.8. The van der Waals surface area contributed by atoms with Crippen LogP contribution in [0.5, 0.6) is 0 Å². The van der Waals surface area contributed by atoms with Gasteiger partial charge in [-0.3, -0.25) is 19.2 Å². The third-order valence-corrected chi connectivity index (χ3v) is 11.2. The molecule has 2 bridgehead atoms. The maximum atomic E-state index is 15.0. The number of halogens is 1. The number of fused-ring (bicyclic) bond motifs is 1. The summed E-state index contributed by atoms with van der Waals surface area (Å²) in [5.41, 5.74) is 2.02. The van der Waals surface area contributed by atoms with E-state index in [9.17, 15) is 24.3 Å². The molecule has 1 unspecified atom stereocenters. The quantitative estimate of drug-likeness (QED) is 0.0946. The molecule has 51 heavy (non-hydrogen) atoms. The summed E-state index contributed by atoms with van der Waals surface area (Å²) in [6.07, 6.45) is 4.71. The van der Waals surface area contributed by atoms with Gasteiger partial charge in [0.1, 0.15) is 17.7 Å². The van der Waals surface area contributed by atoms with E-state index in [-0.39, 0.29) is 48.7 Å². The number of benzene rings is 2. The normalized spacial score (nSPS) is 25.9. The van der Waals surface area contributed by atoms with Gasteiger partial charge in [0.2, 0.25) is 11.8 Å². The molecule has 2 N–H and O–H groups in total. The fourth-order valence-electron chi connectivity index (χ4n) is 8.02. The minimum Gasteiger partial charge on any atom is -0.455 e. The van der Waals surface area contributed by atoms with Crippen LogP contribution in [-0.2, 0) is 28.7 Å². The number of unbranched alkanes of at least 4 members (excludes halogenated alkanes) is 2. The maximum absolute atomic E-state index is 15.0. The number of aryl methyl sites for hydroxylation is 2. The van der Waals surface area contributed by atoms with Crippen LogP contribution in [0.1, 0.15) is 68.2 Å². The lowest BCUT2D eigenvalue weighted by atomic mass is 9.70. The summed E-state index contributed by atoms with van der Waals surface area (Å²) < 4.78 is 13.1. The van der Waals surface area contributed by atoms with Gasteiger partial charge >= 0.3 is 5.97 Å². The second-order valence-electron chi connectivity index (χ2n) is 14.0. The number of hydrogen-bond acceptors (Lipinski definition) is 7. The molecule has 0 saturated carbocycles. The topological polar surface area (TPSA) is 125 Å². The molecule has 2 aromatic rings. The van der Waals surface area contributed by atoms with Crippen LogP contribution in [-0.4, -0.2) is 82.0 Å². The van der Waals surface area contributed by atoms with Gasteiger partial charge in [-0.05, 0) is 75.6 Å². The van der Waals surface area contributed by atoms with Crippen LogP contribution in [0, 0.1) is 25.7 Å². The predicted molar refractivity (Wildman–Crippen MR) is 199 cm³/mol. The Balaban J connectivity index is 1.51. The van der Waals surface area contributed by atoms with Crippen LogP contribution in [0.3, 0.4) is 0 Å². The minimum atomic E-state index is -1.28. The number of nitrogens with zero attached hydrogens (tertiary/aromatic N) is 2. The fraction of sp³-hybridized carbons (Fsp3) is 0.500. The van der Waals surface area contributed by atoms with E-state index in [1.807, 2.05) is 62.4 Å². The molecule has 3 aliphatic heterocycles. The zero-order valence-corrected chi connectivity index (χ0v) is 31.3. The van der Waals surface area contributed by atoms with Gasteiger partial charge in [0.25, 0.3) is 5.91 Å². The molecular weight excluding hydrogens is 714 g/mol. The second kappa shape index (κ2) is 16.7. The molecule has 2 aromatic carbocycles. The number of carbonyl (C=O) groups is 4. The molecular formula is C40H50BrN3O7. The van der Waals surface area contributed by atoms with Gasteiger partial charge in [-0.2, -0.15) is 0 Å². The summed E-state index contributed by atoms with van der Waals surface area (Å²) in [7, 11) is 0. The molecule has 8 atom stereocenters. The molecule has 0 aromatic heterocycles. The van der Waals surface area contributed by atoms with Crippen molar-refractivity contribution >= 4 is 45.3 Å². The number of nitrogens with one attached hydrogen (secondary N) is 1. The van der Waals surface area contributed by atoms with Crippen molar-refractivity contribution < 1.29 is 33.8 Å². The molecule has 3 fully saturated rings. The van der Waals surface area contributed by atoms with Crippen molar-refractivity contribution in [2.75, 3.05) is 24.6 Å². The number of allylic oxidation sites excluding steroid dienone is 1. The number of carbonyl (C=O) groups excluding carboxylic acids is 4. The summed E-state index contributed by atoms with van der Waals surface area (Å²) in [4.78, 5) is 59.8. The van der Waals surface area contributed by atoms with Crippen molar-refractivity contribution in [3.8, 4) is 0 Å². The minimum absolute atomic E-state index is 0.0301. The summed E-state index contributed by atoms with van der Waals surface area (Å²) in [6.45, 7) is 13.8. The number of hydrogen-bond donors (Lipinski definition) is 2. The fourth-order valence-corrected chi connectivity index (χ4v) is 8.97. The number of amides is 3.